The lowest BCUT2D eigenvalue weighted by molar-refractivity contribution is -0.138. The van der Waals surface area contributed by atoms with Gasteiger partial charge in [-0.2, -0.15) is 0 Å². The molecule has 0 radical (unpaired) electrons. The molecule has 0 aromatic rings. The first kappa shape index (κ1) is 25.9. The first-order valence-corrected chi connectivity index (χ1v) is 10.8. The van der Waals surface area contributed by atoms with Crippen LogP contribution in [0.1, 0.15) is 90.4 Å². The molecule has 0 aliphatic carbocycles. The number of unbranched alkanes of at least 4 members (excludes halogenated alkanes) is 9. The lowest BCUT2D eigenvalue weighted by Crippen LogP contribution is -2.25. The van der Waals surface area contributed by atoms with Crippen molar-refractivity contribution < 1.29 is 24.2 Å². The highest BCUT2D eigenvalue weighted by Crippen LogP contribution is 2.10. The fraction of sp³-hybridized carbons (Fsp3) is 0.905. The largest absolute Gasteiger partial charge is 0.481 e. The summed E-state index contributed by atoms with van der Waals surface area (Å²) in [5.41, 5.74) is 0. The Kier molecular flexibility index (Phi) is 20.3. The molecule has 160 valence electrons. The molecule has 0 spiro atoms. The minimum absolute atomic E-state index is 0.0307. The van der Waals surface area contributed by atoms with Crippen LogP contribution in [-0.4, -0.2) is 50.0 Å². The van der Waals surface area contributed by atoms with Gasteiger partial charge in [-0.15, -0.1) is 0 Å². The van der Waals surface area contributed by atoms with Crippen LogP contribution in [0.3, 0.4) is 0 Å². The van der Waals surface area contributed by atoms with Crippen LogP contribution in [0.15, 0.2) is 0 Å². The summed E-state index contributed by atoms with van der Waals surface area (Å²) in [6.07, 6.45) is 13.9. The smallest absolute Gasteiger partial charge is 0.303 e. The van der Waals surface area contributed by atoms with Gasteiger partial charge >= 0.3 is 5.97 Å². The molecule has 0 saturated carbocycles. The van der Waals surface area contributed by atoms with Crippen LogP contribution in [-0.2, 0) is 19.1 Å². The van der Waals surface area contributed by atoms with Crippen LogP contribution in [0.2, 0.25) is 0 Å². The van der Waals surface area contributed by atoms with E-state index in [-0.39, 0.29) is 18.7 Å². The van der Waals surface area contributed by atoms with Gasteiger partial charge in [0.2, 0.25) is 5.91 Å². The summed E-state index contributed by atoms with van der Waals surface area (Å²) in [6.45, 7) is 5.33. The van der Waals surface area contributed by atoms with Crippen LogP contribution in [0.5, 0.6) is 0 Å². The maximum Gasteiger partial charge on any atom is 0.303 e. The van der Waals surface area contributed by atoms with Gasteiger partial charge in [0.1, 0.15) is 0 Å². The molecule has 6 heteroatoms. The highest BCUT2D eigenvalue weighted by molar-refractivity contribution is 5.80. The van der Waals surface area contributed by atoms with Gasteiger partial charge in [-0.05, 0) is 12.8 Å². The quantitative estimate of drug-likeness (QED) is 0.287. The van der Waals surface area contributed by atoms with Crippen molar-refractivity contribution >= 4 is 11.9 Å². The molecule has 0 aromatic carbocycles. The van der Waals surface area contributed by atoms with Crippen LogP contribution in [0.25, 0.3) is 0 Å². The fourth-order valence-corrected chi connectivity index (χ4v) is 2.72. The van der Waals surface area contributed by atoms with Crippen molar-refractivity contribution in [1.29, 1.82) is 0 Å². The Balaban J connectivity index is 3.09. The zero-order valence-corrected chi connectivity index (χ0v) is 17.3. The number of amides is 1. The summed E-state index contributed by atoms with van der Waals surface area (Å²) < 4.78 is 11.0. The van der Waals surface area contributed by atoms with Gasteiger partial charge in [0.25, 0.3) is 0 Å². The predicted octanol–water partition coefficient (Wildman–Crippen LogP) is 4.31. The van der Waals surface area contributed by atoms with Gasteiger partial charge in [0, 0.05) is 26.2 Å². The molecular formula is C21H41NO5. The average molecular weight is 388 g/mol. The predicted molar refractivity (Wildman–Crippen MR) is 108 cm³/mol. The number of carbonyl (C=O) groups excluding carboxylic acids is 1. The lowest BCUT2D eigenvalue weighted by Gasteiger charge is -2.07. The maximum atomic E-state index is 11.3. The van der Waals surface area contributed by atoms with Crippen molar-refractivity contribution in [2.24, 2.45) is 0 Å². The molecule has 0 aromatic heterocycles. The van der Waals surface area contributed by atoms with Gasteiger partial charge in [0.05, 0.1) is 19.6 Å². The van der Waals surface area contributed by atoms with Crippen LogP contribution in [0.4, 0.5) is 0 Å². The van der Waals surface area contributed by atoms with E-state index in [9.17, 15) is 9.59 Å². The molecule has 1 amide bonds. The number of carbonyl (C=O) groups is 2. The zero-order valence-electron chi connectivity index (χ0n) is 17.3. The SMILES string of the molecule is CCCCCCCCCCCCOCCOCCCNC(=O)CCC(=O)O. The van der Waals surface area contributed by atoms with Gasteiger partial charge in [-0.25, -0.2) is 0 Å². The van der Waals surface area contributed by atoms with Crippen LogP contribution in [0, 0.1) is 0 Å². The van der Waals surface area contributed by atoms with Crippen molar-refractivity contribution in [3.8, 4) is 0 Å². The second-order valence-electron chi connectivity index (χ2n) is 7.00. The number of nitrogens with one attached hydrogen (secondary N) is 1. The molecule has 0 bridgehead atoms. The molecule has 27 heavy (non-hydrogen) atoms. The monoisotopic (exact) mass is 387 g/mol. The third-order valence-corrected chi connectivity index (χ3v) is 4.37. The molecule has 6 nitrogen and oxygen atoms in total. The van der Waals surface area contributed by atoms with E-state index in [0.29, 0.717) is 26.4 Å². The van der Waals surface area contributed by atoms with E-state index >= 15 is 0 Å². The summed E-state index contributed by atoms with van der Waals surface area (Å²) in [7, 11) is 0. The van der Waals surface area contributed by atoms with Crippen molar-refractivity contribution in [3.05, 3.63) is 0 Å². The minimum atomic E-state index is -0.953. The normalized spacial score (nSPS) is 10.9. The van der Waals surface area contributed by atoms with Crippen molar-refractivity contribution in [3.63, 3.8) is 0 Å². The number of aliphatic carboxylic acids is 1. The Hall–Kier alpha value is -1.14. The Morgan fingerprint density at radius 3 is 1.78 bits per heavy atom. The standard InChI is InChI=1S/C21H41NO5/c1-2-3-4-5-6-7-8-9-10-11-16-26-18-19-27-17-12-15-22-20(23)13-14-21(24)25/h2-19H2,1H3,(H,22,23)(H,24,25). The van der Waals surface area contributed by atoms with E-state index in [0.717, 1.165) is 19.4 Å². The van der Waals surface area contributed by atoms with E-state index in [2.05, 4.69) is 12.2 Å². The molecule has 0 unspecified atom stereocenters. The second kappa shape index (κ2) is 21.2. The van der Waals surface area contributed by atoms with E-state index in [4.69, 9.17) is 14.6 Å². The molecule has 0 rings (SSSR count). The molecule has 0 aliphatic rings. The molecular weight excluding hydrogens is 346 g/mol. The summed E-state index contributed by atoms with van der Waals surface area (Å²) in [5, 5.41) is 11.2. The number of rotatable bonds is 21. The van der Waals surface area contributed by atoms with E-state index in [1.807, 2.05) is 0 Å². The number of hydrogen-bond acceptors (Lipinski definition) is 4. The molecule has 0 aliphatic heterocycles. The molecule has 0 atom stereocenters. The Labute approximate surface area is 165 Å². The highest BCUT2D eigenvalue weighted by Gasteiger charge is 2.04. The van der Waals surface area contributed by atoms with E-state index in [1.54, 1.807) is 0 Å². The van der Waals surface area contributed by atoms with Crippen molar-refractivity contribution in [2.45, 2.75) is 90.4 Å². The molecule has 0 fully saturated rings. The maximum absolute atomic E-state index is 11.3. The summed E-state index contributed by atoms with van der Waals surface area (Å²) in [4.78, 5) is 21.6. The Morgan fingerprint density at radius 1 is 0.704 bits per heavy atom. The first-order chi connectivity index (χ1) is 13.2. The second-order valence-corrected chi connectivity index (χ2v) is 7.00. The lowest BCUT2D eigenvalue weighted by atomic mass is 10.1. The Bertz CT molecular complexity index is 349. The summed E-state index contributed by atoms with van der Waals surface area (Å²) in [6, 6.07) is 0. The topological polar surface area (TPSA) is 84.9 Å². The molecule has 0 saturated heterocycles. The number of hydrogen-bond donors (Lipinski definition) is 2. The highest BCUT2D eigenvalue weighted by atomic mass is 16.5. The Morgan fingerprint density at radius 2 is 1.22 bits per heavy atom. The fourth-order valence-electron chi connectivity index (χ4n) is 2.72. The average Bonchev–Trinajstić information content (AvgIpc) is 2.65. The van der Waals surface area contributed by atoms with E-state index in [1.165, 1.54) is 57.8 Å². The van der Waals surface area contributed by atoms with Crippen LogP contribution >= 0.6 is 0 Å². The zero-order chi connectivity index (χ0) is 20.0. The third-order valence-electron chi connectivity index (χ3n) is 4.37. The van der Waals surface area contributed by atoms with Gasteiger partial charge in [-0.1, -0.05) is 64.7 Å². The number of ether oxygens (including phenoxy) is 2. The number of carboxylic acids is 1. The summed E-state index contributed by atoms with van der Waals surface area (Å²) >= 11 is 0. The molecule has 0 heterocycles. The first-order valence-electron chi connectivity index (χ1n) is 10.8. The number of carboxylic acid groups (broad SMARTS) is 1. The van der Waals surface area contributed by atoms with Crippen LogP contribution < -0.4 is 5.32 Å². The minimum Gasteiger partial charge on any atom is -0.481 e. The molecule has 2 N–H and O–H groups in total. The summed E-state index contributed by atoms with van der Waals surface area (Å²) in [5.74, 6) is -1.18. The van der Waals surface area contributed by atoms with Gasteiger partial charge in [0.15, 0.2) is 0 Å². The third kappa shape index (κ3) is 22.8. The van der Waals surface area contributed by atoms with E-state index < -0.39 is 5.97 Å². The van der Waals surface area contributed by atoms with Gasteiger partial charge < -0.3 is 19.9 Å². The van der Waals surface area contributed by atoms with Crippen molar-refractivity contribution in [1.82, 2.24) is 5.32 Å². The van der Waals surface area contributed by atoms with Gasteiger partial charge in [-0.3, -0.25) is 9.59 Å². The van der Waals surface area contributed by atoms with Crippen molar-refractivity contribution in [2.75, 3.05) is 33.0 Å².